The van der Waals surface area contributed by atoms with Gasteiger partial charge in [0.05, 0.1) is 36.9 Å². The Kier molecular flexibility index (Phi) is 17.4. The van der Waals surface area contributed by atoms with Gasteiger partial charge in [-0.15, -0.1) is 0 Å². The smallest absolute Gasteiger partial charge is 0.309 e. The molecule has 0 radical (unpaired) electrons. The normalized spacial score (nSPS) is 42.2. The largest absolute Gasteiger partial charge is 0.462 e. The molecule has 0 bridgehead atoms. The number of likely N-dealkylation sites (N-methyl/N-ethyl adjacent to an activating group) is 1. The first-order chi connectivity index (χ1) is 27.3. The van der Waals surface area contributed by atoms with E-state index in [0.717, 1.165) is 0 Å². The number of esters is 3. The first kappa shape index (κ1) is 47.8. The van der Waals surface area contributed by atoms with Crippen molar-refractivity contribution in [3.8, 4) is 0 Å². The molecule has 0 saturated carbocycles. The predicted octanol–water partition coefficient (Wildman–Crippen LogP) is 2.19. The van der Waals surface area contributed by atoms with E-state index in [2.05, 4.69) is 0 Å². The van der Waals surface area contributed by atoms with E-state index in [1.165, 1.54) is 20.1 Å². The molecule has 17 atom stereocenters. The van der Waals surface area contributed by atoms with Gasteiger partial charge in [0, 0.05) is 45.6 Å². The number of aliphatic hydroxyl groups is 2. The summed E-state index contributed by atoms with van der Waals surface area (Å²) in [6, 6.07) is -0.797. The highest BCUT2D eigenvalue weighted by molar-refractivity contribution is 5.91. The van der Waals surface area contributed by atoms with E-state index in [4.69, 9.17) is 42.6 Å². The van der Waals surface area contributed by atoms with Crippen molar-refractivity contribution >= 4 is 30.0 Å². The van der Waals surface area contributed by atoms with Crippen molar-refractivity contribution < 1.29 is 76.8 Å². The molecule has 4 rings (SSSR count). The van der Waals surface area contributed by atoms with E-state index in [9.17, 15) is 34.2 Å². The quantitative estimate of drug-likeness (QED) is 0.125. The molecule has 2 N–H and O–H groups in total. The number of fused-ring (bicyclic) bond motifs is 1. The molecule has 0 aliphatic carbocycles. The second kappa shape index (κ2) is 21.1. The number of nitrogens with zero attached hydrogens (tertiary/aromatic N) is 1. The fourth-order valence-electron chi connectivity index (χ4n) is 8.39. The molecule has 330 valence electrons. The van der Waals surface area contributed by atoms with Gasteiger partial charge in [0.25, 0.3) is 0 Å². The third kappa shape index (κ3) is 12.6. The van der Waals surface area contributed by atoms with Crippen LogP contribution in [0, 0.1) is 11.8 Å². The fourth-order valence-corrected chi connectivity index (χ4v) is 8.39. The van der Waals surface area contributed by atoms with Crippen LogP contribution in [0.15, 0.2) is 12.2 Å². The van der Waals surface area contributed by atoms with Gasteiger partial charge in [0.1, 0.15) is 48.5 Å². The van der Waals surface area contributed by atoms with Gasteiger partial charge >= 0.3 is 17.9 Å². The van der Waals surface area contributed by atoms with Crippen LogP contribution in [0.4, 0.5) is 0 Å². The number of carbonyl (C=O) groups is 5. The van der Waals surface area contributed by atoms with E-state index >= 15 is 0 Å². The van der Waals surface area contributed by atoms with Crippen LogP contribution in [0.5, 0.6) is 0 Å². The van der Waals surface area contributed by atoms with Crippen molar-refractivity contribution in [2.24, 2.45) is 11.8 Å². The molecule has 3 fully saturated rings. The third-order valence-electron chi connectivity index (χ3n) is 11.3. The van der Waals surface area contributed by atoms with Crippen LogP contribution in [-0.2, 0) is 66.6 Å². The highest BCUT2D eigenvalue weighted by Crippen LogP contribution is 2.38. The van der Waals surface area contributed by atoms with Crippen LogP contribution in [0.1, 0.15) is 93.4 Å². The Morgan fingerprint density at radius 3 is 2.31 bits per heavy atom. The minimum atomic E-state index is -1.50. The number of aliphatic hydroxyl groups excluding tert-OH is 1. The van der Waals surface area contributed by atoms with Crippen LogP contribution in [0.2, 0.25) is 0 Å². The van der Waals surface area contributed by atoms with Crippen molar-refractivity contribution in [1.82, 2.24) is 4.90 Å². The average molecular weight is 828 g/mol. The molecule has 0 spiro atoms. The van der Waals surface area contributed by atoms with Gasteiger partial charge in [-0.05, 0) is 72.7 Å². The van der Waals surface area contributed by atoms with E-state index in [1.807, 2.05) is 6.92 Å². The summed E-state index contributed by atoms with van der Waals surface area (Å²) >= 11 is 0. The van der Waals surface area contributed by atoms with E-state index in [1.54, 1.807) is 59.7 Å². The Bertz CT molecular complexity index is 1440. The molecular formula is C41H65NO16. The Labute approximate surface area is 341 Å². The maximum absolute atomic E-state index is 13.4. The number of carbonyl (C=O) groups excluding carboxylic acids is 5. The molecule has 3 saturated heterocycles. The SMILES string of the molecule is CCCC(=O)O[C@H]1[C@H](C)O[C@@H](O[C@H]2[C@H](N(C)C)[C@@H](O)[C@H](O[C@H]3[C@@H](CC=O)C[C@@H](C)C(=O)/C=C/[C@@H]4O[C@H]4C[C@@H](C)OC(=O)C[C@@H](OC(C)=O)[C@@H]3OC)O[C@@H]2C)C[C@@]1(C)O. The molecule has 0 aromatic carbocycles. The second-order valence-corrected chi connectivity index (χ2v) is 16.6. The summed E-state index contributed by atoms with van der Waals surface area (Å²) in [5.74, 6) is -3.42. The number of aldehydes is 1. The topological polar surface area (TPSA) is 215 Å². The molecule has 4 aliphatic heterocycles. The molecular weight excluding hydrogens is 762 g/mol. The van der Waals surface area contributed by atoms with Crippen LogP contribution >= 0.6 is 0 Å². The van der Waals surface area contributed by atoms with E-state index in [0.29, 0.717) is 19.1 Å². The van der Waals surface area contributed by atoms with Crippen LogP contribution < -0.4 is 0 Å². The third-order valence-corrected chi connectivity index (χ3v) is 11.3. The summed E-state index contributed by atoms with van der Waals surface area (Å²) in [5.41, 5.74) is -1.50. The Hall–Kier alpha value is -2.87. The van der Waals surface area contributed by atoms with Crippen molar-refractivity contribution in [3.05, 3.63) is 12.2 Å². The summed E-state index contributed by atoms with van der Waals surface area (Å²) in [5, 5.41) is 23.4. The summed E-state index contributed by atoms with van der Waals surface area (Å²) < 4.78 is 54.1. The summed E-state index contributed by atoms with van der Waals surface area (Å²) in [6.07, 6.45) is -7.34. The number of rotatable bonds is 12. The molecule has 4 heterocycles. The maximum atomic E-state index is 13.4. The van der Waals surface area contributed by atoms with E-state index in [-0.39, 0.29) is 43.7 Å². The molecule has 0 aromatic rings. The number of epoxide rings is 1. The Morgan fingerprint density at radius 2 is 1.71 bits per heavy atom. The number of ether oxygens (including phenoxy) is 9. The van der Waals surface area contributed by atoms with Crippen molar-refractivity contribution in [2.45, 2.75) is 185 Å². The molecule has 4 aliphatic rings. The second-order valence-electron chi connectivity index (χ2n) is 16.6. The van der Waals surface area contributed by atoms with Gasteiger partial charge in [-0.25, -0.2) is 0 Å². The highest BCUT2D eigenvalue weighted by Gasteiger charge is 2.53. The zero-order chi connectivity index (χ0) is 43.1. The molecule has 0 unspecified atom stereocenters. The highest BCUT2D eigenvalue weighted by atomic mass is 16.7. The monoisotopic (exact) mass is 827 g/mol. The lowest BCUT2D eigenvalue weighted by Crippen LogP contribution is -2.66. The molecule has 58 heavy (non-hydrogen) atoms. The minimum absolute atomic E-state index is 0.0507. The van der Waals surface area contributed by atoms with Gasteiger partial charge in [0.2, 0.25) is 0 Å². The zero-order valence-electron chi connectivity index (χ0n) is 35.5. The summed E-state index contributed by atoms with van der Waals surface area (Å²) in [7, 11) is 4.81. The average Bonchev–Trinajstić information content (AvgIpc) is 3.86. The predicted molar refractivity (Wildman–Crippen MR) is 204 cm³/mol. The maximum Gasteiger partial charge on any atom is 0.309 e. The van der Waals surface area contributed by atoms with Crippen molar-refractivity contribution in [1.29, 1.82) is 0 Å². The molecule has 17 nitrogen and oxygen atoms in total. The number of ketones is 1. The number of methoxy groups -OCH3 is 1. The number of cyclic esters (lactones) is 1. The van der Waals surface area contributed by atoms with Gasteiger partial charge < -0.3 is 62.5 Å². The standard InChI is InChI=1S/C41H65NO16/c1-11-12-31(46)56-39-24(5)52-33(20-41(39,7)49)57-36-23(4)53-40(35(48)34(36)42(8)9)58-37-26(15-16-43)17-21(2)27(45)13-14-28-29(55-28)18-22(3)51-32(47)19-30(38(37)50-10)54-25(6)44/h13-14,16,21-24,26,28-30,33-40,48-49H,11-12,15,17-20H2,1-10H3/b14-13+/t21-,22-,23-,24+,26+,28+,29+,30-,33+,34-,35-,36-,37+,38+,39+,40+,41-/m1/s1. The molecule has 0 amide bonds. The zero-order valence-corrected chi connectivity index (χ0v) is 35.5. The number of hydrogen-bond donors (Lipinski definition) is 2. The van der Waals surface area contributed by atoms with Gasteiger partial charge in [-0.1, -0.05) is 13.8 Å². The summed E-state index contributed by atoms with van der Waals surface area (Å²) in [6.45, 7) is 11.4. The van der Waals surface area contributed by atoms with Crippen LogP contribution in [0.3, 0.4) is 0 Å². The van der Waals surface area contributed by atoms with Crippen molar-refractivity contribution in [2.75, 3.05) is 21.2 Å². The first-order valence-electron chi connectivity index (χ1n) is 20.4. The van der Waals surface area contributed by atoms with Gasteiger partial charge in [-0.2, -0.15) is 0 Å². The number of hydrogen-bond acceptors (Lipinski definition) is 17. The number of allylic oxidation sites excluding steroid dienone is 1. The minimum Gasteiger partial charge on any atom is -0.462 e. The lowest BCUT2D eigenvalue weighted by atomic mass is 9.83. The Balaban J connectivity index is 1.65. The van der Waals surface area contributed by atoms with E-state index < -0.39 is 115 Å². The lowest BCUT2D eigenvalue weighted by molar-refractivity contribution is -0.344. The van der Waals surface area contributed by atoms with Gasteiger partial charge in [0.15, 0.2) is 24.5 Å². The summed E-state index contributed by atoms with van der Waals surface area (Å²) in [4.78, 5) is 65.5. The van der Waals surface area contributed by atoms with Gasteiger partial charge in [-0.3, -0.25) is 19.2 Å². The van der Waals surface area contributed by atoms with Crippen LogP contribution in [-0.4, -0.2) is 158 Å². The fraction of sp³-hybridized carbons (Fsp3) is 0.829. The lowest BCUT2D eigenvalue weighted by Gasteiger charge is -2.50. The Morgan fingerprint density at radius 1 is 1.00 bits per heavy atom. The van der Waals surface area contributed by atoms with Crippen LogP contribution in [0.25, 0.3) is 0 Å². The molecule has 0 aromatic heterocycles. The molecule has 17 heteroatoms. The van der Waals surface area contributed by atoms with Crippen molar-refractivity contribution in [3.63, 3.8) is 0 Å². The first-order valence-corrected chi connectivity index (χ1v) is 20.4.